The van der Waals surface area contributed by atoms with E-state index in [4.69, 9.17) is 0 Å². The first-order valence-electron chi connectivity index (χ1n) is 7.48. The first kappa shape index (κ1) is 14.6. The van der Waals surface area contributed by atoms with Crippen LogP contribution in [0.15, 0.2) is 59.5 Å². The molecule has 0 aromatic heterocycles. The smallest absolute Gasteiger partial charge is 0.123 e. The van der Waals surface area contributed by atoms with Gasteiger partial charge in [0.15, 0.2) is 0 Å². The Labute approximate surface area is 130 Å². The molecule has 0 bridgehead atoms. The van der Waals surface area contributed by atoms with Crippen molar-refractivity contribution in [3.8, 4) is 0 Å². The SMILES string of the molecule is Fc1cccc(C2CC(NCCSc3ccccc3)C2)c1. The molecule has 0 heterocycles. The highest BCUT2D eigenvalue weighted by Crippen LogP contribution is 2.36. The third-order valence-electron chi connectivity index (χ3n) is 4.01. The van der Waals surface area contributed by atoms with Crippen LogP contribution in [0, 0.1) is 5.82 Å². The topological polar surface area (TPSA) is 12.0 Å². The molecule has 1 aliphatic rings. The molecule has 1 aliphatic carbocycles. The molecule has 0 saturated heterocycles. The van der Waals surface area contributed by atoms with Crippen LogP contribution in [0.3, 0.4) is 0 Å². The van der Waals surface area contributed by atoms with Crippen molar-refractivity contribution in [1.82, 2.24) is 5.32 Å². The molecule has 21 heavy (non-hydrogen) atoms. The Morgan fingerprint density at radius 2 is 1.86 bits per heavy atom. The van der Waals surface area contributed by atoms with Gasteiger partial charge in [0.05, 0.1) is 0 Å². The summed E-state index contributed by atoms with van der Waals surface area (Å²) in [7, 11) is 0. The summed E-state index contributed by atoms with van der Waals surface area (Å²) in [6.07, 6.45) is 2.25. The van der Waals surface area contributed by atoms with Gasteiger partial charge in [-0.25, -0.2) is 4.39 Å². The quantitative estimate of drug-likeness (QED) is 0.625. The van der Waals surface area contributed by atoms with E-state index in [2.05, 4.69) is 29.6 Å². The van der Waals surface area contributed by atoms with Gasteiger partial charge in [-0.2, -0.15) is 0 Å². The predicted molar refractivity (Wildman–Crippen MR) is 87.3 cm³/mol. The van der Waals surface area contributed by atoms with Crippen LogP contribution in [-0.2, 0) is 0 Å². The first-order chi connectivity index (χ1) is 10.3. The van der Waals surface area contributed by atoms with Crippen LogP contribution in [0.5, 0.6) is 0 Å². The molecule has 2 aromatic rings. The third-order valence-corrected chi connectivity index (χ3v) is 5.02. The molecular weight excluding hydrogens is 281 g/mol. The summed E-state index contributed by atoms with van der Waals surface area (Å²) < 4.78 is 13.2. The van der Waals surface area contributed by atoms with Gasteiger partial charge < -0.3 is 5.32 Å². The molecule has 3 rings (SSSR count). The van der Waals surface area contributed by atoms with E-state index in [0.29, 0.717) is 12.0 Å². The second-order valence-corrected chi connectivity index (χ2v) is 6.70. The van der Waals surface area contributed by atoms with Crippen molar-refractivity contribution < 1.29 is 4.39 Å². The van der Waals surface area contributed by atoms with Crippen molar-refractivity contribution in [3.63, 3.8) is 0 Å². The van der Waals surface area contributed by atoms with E-state index in [1.165, 1.54) is 11.0 Å². The zero-order chi connectivity index (χ0) is 14.5. The van der Waals surface area contributed by atoms with Crippen molar-refractivity contribution in [3.05, 3.63) is 66.0 Å². The minimum absolute atomic E-state index is 0.122. The average Bonchev–Trinajstić information content (AvgIpc) is 2.46. The van der Waals surface area contributed by atoms with E-state index in [-0.39, 0.29) is 5.82 Å². The van der Waals surface area contributed by atoms with Crippen LogP contribution in [0.4, 0.5) is 4.39 Å². The van der Waals surface area contributed by atoms with Gasteiger partial charge in [-0.05, 0) is 48.6 Å². The second kappa shape index (κ2) is 7.10. The Balaban J connectivity index is 1.34. The highest BCUT2D eigenvalue weighted by Gasteiger charge is 2.29. The molecular formula is C18H20FNS. The molecule has 110 valence electrons. The van der Waals surface area contributed by atoms with Crippen LogP contribution in [0.2, 0.25) is 0 Å². The maximum absolute atomic E-state index is 13.2. The van der Waals surface area contributed by atoms with Gasteiger partial charge >= 0.3 is 0 Å². The van der Waals surface area contributed by atoms with Gasteiger partial charge in [0.25, 0.3) is 0 Å². The van der Waals surface area contributed by atoms with Gasteiger partial charge in [0.1, 0.15) is 5.82 Å². The number of halogens is 1. The number of hydrogen-bond acceptors (Lipinski definition) is 2. The maximum Gasteiger partial charge on any atom is 0.123 e. The van der Waals surface area contributed by atoms with E-state index >= 15 is 0 Å². The third kappa shape index (κ3) is 4.08. The molecule has 1 saturated carbocycles. The van der Waals surface area contributed by atoms with Crippen molar-refractivity contribution in [2.75, 3.05) is 12.3 Å². The Morgan fingerprint density at radius 1 is 1.05 bits per heavy atom. The number of benzene rings is 2. The first-order valence-corrected chi connectivity index (χ1v) is 8.46. The molecule has 0 aliphatic heterocycles. The summed E-state index contributed by atoms with van der Waals surface area (Å²) in [6, 6.07) is 18.1. The minimum atomic E-state index is -0.122. The lowest BCUT2D eigenvalue weighted by molar-refractivity contribution is 0.296. The highest BCUT2D eigenvalue weighted by atomic mass is 32.2. The van der Waals surface area contributed by atoms with Crippen LogP contribution in [0.25, 0.3) is 0 Å². The van der Waals surface area contributed by atoms with E-state index in [0.717, 1.165) is 30.7 Å². The molecule has 1 fully saturated rings. The lowest BCUT2D eigenvalue weighted by atomic mass is 9.76. The second-order valence-electron chi connectivity index (χ2n) is 5.54. The molecule has 3 heteroatoms. The lowest BCUT2D eigenvalue weighted by Gasteiger charge is -2.36. The molecule has 0 atom stereocenters. The van der Waals surface area contributed by atoms with E-state index in [1.807, 2.05) is 30.0 Å². The minimum Gasteiger partial charge on any atom is -0.313 e. The standard InChI is InChI=1S/C18H20FNS/c19-16-6-4-5-14(11-16)15-12-17(13-15)20-9-10-21-18-7-2-1-3-8-18/h1-8,11,15,17,20H,9-10,12-13H2. The van der Waals surface area contributed by atoms with Crippen molar-refractivity contribution in [1.29, 1.82) is 0 Å². The average molecular weight is 301 g/mol. The van der Waals surface area contributed by atoms with Crippen molar-refractivity contribution >= 4 is 11.8 Å². The van der Waals surface area contributed by atoms with Gasteiger partial charge in [0, 0.05) is 23.2 Å². The Morgan fingerprint density at radius 3 is 2.62 bits per heavy atom. The fourth-order valence-corrected chi connectivity index (χ4v) is 3.57. The van der Waals surface area contributed by atoms with E-state index in [1.54, 1.807) is 6.07 Å². The summed E-state index contributed by atoms with van der Waals surface area (Å²) in [6.45, 7) is 1.03. The van der Waals surface area contributed by atoms with E-state index < -0.39 is 0 Å². The zero-order valence-electron chi connectivity index (χ0n) is 12.0. The summed E-state index contributed by atoms with van der Waals surface area (Å²) in [5.74, 6) is 1.49. The van der Waals surface area contributed by atoms with E-state index in [9.17, 15) is 4.39 Å². The Kier molecular flexibility index (Phi) is 4.94. The molecule has 0 unspecified atom stereocenters. The van der Waals surface area contributed by atoms with Gasteiger partial charge in [-0.3, -0.25) is 0 Å². The number of hydrogen-bond donors (Lipinski definition) is 1. The number of thioether (sulfide) groups is 1. The van der Waals surface area contributed by atoms with Crippen LogP contribution in [0.1, 0.15) is 24.3 Å². The molecule has 1 nitrogen and oxygen atoms in total. The van der Waals surface area contributed by atoms with Crippen LogP contribution in [-0.4, -0.2) is 18.3 Å². The van der Waals surface area contributed by atoms with Crippen molar-refractivity contribution in [2.24, 2.45) is 0 Å². The summed E-state index contributed by atoms with van der Waals surface area (Å²) in [5, 5.41) is 3.59. The molecule has 2 aromatic carbocycles. The predicted octanol–water partition coefficient (Wildman–Crippen LogP) is 4.45. The summed E-state index contributed by atoms with van der Waals surface area (Å²) >= 11 is 1.88. The molecule has 1 N–H and O–H groups in total. The summed E-state index contributed by atoms with van der Waals surface area (Å²) in [4.78, 5) is 1.32. The van der Waals surface area contributed by atoms with Crippen LogP contribution < -0.4 is 5.32 Å². The fraction of sp³-hybridized carbons (Fsp3) is 0.333. The van der Waals surface area contributed by atoms with Gasteiger partial charge in [-0.15, -0.1) is 11.8 Å². The normalized spacial score (nSPS) is 21.0. The van der Waals surface area contributed by atoms with Crippen molar-refractivity contribution in [2.45, 2.75) is 29.7 Å². The molecule has 0 spiro atoms. The van der Waals surface area contributed by atoms with Gasteiger partial charge in [-0.1, -0.05) is 30.3 Å². The summed E-state index contributed by atoms with van der Waals surface area (Å²) in [5.41, 5.74) is 1.15. The monoisotopic (exact) mass is 301 g/mol. The molecule has 0 amide bonds. The Hall–Kier alpha value is -1.32. The Bertz CT molecular complexity index is 566. The number of nitrogens with one attached hydrogen (secondary N) is 1. The van der Waals surface area contributed by atoms with Gasteiger partial charge in [0.2, 0.25) is 0 Å². The number of rotatable bonds is 6. The fourth-order valence-electron chi connectivity index (χ4n) is 2.77. The molecule has 0 radical (unpaired) electrons. The zero-order valence-corrected chi connectivity index (χ0v) is 12.8. The largest absolute Gasteiger partial charge is 0.313 e. The lowest BCUT2D eigenvalue weighted by Crippen LogP contribution is -2.41. The highest BCUT2D eigenvalue weighted by molar-refractivity contribution is 7.99. The van der Waals surface area contributed by atoms with Crippen LogP contribution >= 0.6 is 11.8 Å². The maximum atomic E-state index is 13.2.